The molecule has 21 heavy (non-hydrogen) atoms. The molecule has 0 bridgehead atoms. The zero-order valence-corrected chi connectivity index (χ0v) is 12.1. The number of amides is 1. The highest BCUT2D eigenvalue weighted by Gasteiger charge is 2.31. The first-order valence-corrected chi connectivity index (χ1v) is 6.58. The Morgan fingerprint density at radius 1 is 1.43 bits per heavy atom. The molecule has 114 valence electrons. The minimum Gasteiger partial charge on any atom is -0.354 e. The summed E-state index contributed by atoms with van der Waals surface area (Å²) in [5.74, 6) is -0.249. The van der Waals surface area contributed by atoms with Crippen LogP contribution in [0.1, 0.15) is 25.1 Å². The second kappa shape index (κ2) is 5.55. The first-order valence-electron chi connectivity index (χ1n) is 6.20. The number of aromatic nitrogens is 2. The number of halogens is 4. The van der Waals surface area contributed by atoms with E-state index in [-0.39, 0.29) is 29.0 Å². The molecule has 0 aliphatic heterocycles. The molecule has 0 saturated carbocycles. The molecule has 0 aromatic carbocycles. The van der Waals surface area contributed by atoms with Gasteiger partial charge >= 0.3 is 6.18 Å². The lowest BCUT2D eigenvalue weighted by molar-refractivity contribution is -0.137. The van der Waals surface area contributed by atoms with E-state index < -0.39 is 11.7 Å². The molecule has 0 aliphatic rings. The number of rotatable bonds is 3. The minimum absolute atomic E-state index is 0.0163. The van der Waals surface area contributed by atoms with Crippen molar-refractivity contribution >= 4 is 23.2 Å². The number of imidazole rings is 1. The molecule has 8 heteroatoms. The number of hydrogen-bond acceptors (Lipinski definition) is 2. The average Bonchev–Trinajstić information content (AvgIpc) is 2.69. The predicted octanol–water partition coefficient (Wildman–Crippen LogP) is 3.07. The van der Waals surface area contributed by atoms with Crippen molar-refractivity contribution < 1.29 is 18.0 Å². The molecule has 0 unspecified atom stereocenters. The van der Waals surface area contributed by atoms with Crippen LogP contribution in [0, 0.1) is 0 Å². The van der Waals surface area contributed by atoms with Crippen LogP contribution in [0.4, 0.5) is 13.2 Å². The topological polar surface area (TPSA) is 46.4 Å². The van der Waals surface area contributed by atoms with Gasteiger partial charge in [-0.2, -0.15) is 13.2 Å². The maximum absolute atomic E-state index is 12.7. The van der Waals surface area contributed by atoms with E-state index in [9.17, 15) is 18.0 Å². The van der Waals surface area contributed by atoms with Gasteiger partial charge in [0.2, 0.25) is 5.91 Å². The molecule has 2 heterocycles. The average molecular weight is 320 g/mol. The van der Waals surface area contributed by atoms with Crippen molar-refractivity contribution in [1.82, 2.24) is 14.7 Å². The maximum atomic E-state index is 12.7. The van der Waals surface area contributed by atoms with Crippen molar-refractivity contribution in [2.75, 3.05) is 0 Å². The highest BCUT2D eigenvalue weighted by molar-refractivity contribution is 6.33. The second-order valence-electron chi connectivity index (χ2n) is 4.94. The highest BCUT2D eigenvalue weighted by atomic mass is 35.5. The number of pyridine rings is 1. The van der Waals surface area contributed by atoms with Crippen LogP contribution in [0.15, 0.2) is 18.5 Å². The van der Waals surface area contributed by atoms with Crippen LogP contribution >= 0.6 is 11.6 Å². The fourth-order valence-electron chi connectivity index (χ4n) is 1.89. The zero-order valence-electron chi connectivity index (χ0n) is 11.3. The summed E-state index contributed by atoms with van der Waals surface area (Å²) < 4.78 is 39.3. The normalized spacial score (nSPS) is 12.1. The van der Waals surface area contributed by atoms with E-state index in [1.165, 1.54) is 10.6 Å². The second-order valence-corrected chi connectivity index (χ2v) is 5.34. The molecule has 2 rings (SSSR count). The van der Waals surface area contributed by atoms with Crippen molar-refractivity contribution in [1.29, 1.82) is 0 Å². The van der Waals surface area contributed by atoms with E-state index >= 15 is 0 Å². The fourth-order valence-corrected chi connectivity index (χ4v) is 2.14. The molecule has 0 fully saturated rings. The van der Waals surface area contributed by atoms with Gasteiger partial charge in [-0.05, 0) is 19.9 Å². The first-order chi connectivity index (χ1) is 9.66. The Labute approximate surface area is 123 Å². The summed E-state index contributed by atoms with van der Waals surface area (Å²) >= 11 is 5.82. The molecule has 0 saturated heterocycles. The molecule has 1 N–H and O–H groups in total. The molecule has 0 aliphatic carbocycles. The van der Waals surface area contributed by atoms with Crippen molar-refractivity contribution in [2.45, 2.75) is 32.5 Å². The Balaban J connectivity index is 2.33. The van der Waals surface area contributed by atoms with Gasteiger partial charge < -0.3 is 9.72 Å². The standard InChI is InChI=1S/C13H13ClF3N3O/c1-7(2)18-11(21)4-9-6-20-5-8(13(15,16)17)3-10(14)12(20)19-9/h3,5-7H,4H2,1-2H3,(H,18,21). The molecule has 2 aromatic rings. The number of hydrogen-bond donors (Lipinski definition) is 1. The fraction of sp³-hybridized carbons (Fsp3) is 0.385. The summed E-state index contributed by atoms with van der Waals surface area (Å²) in [6.45, 7) is 3.63. The van der Waals surface area contributed by atoms with Crippen LogP contribution < -0.4 is 5.32 Å². The molecular weight excluding hydrogens is 307 g/mol. The molecule has 0 atom stereocenters. The van der Waals surface area contributed by atoms with Crippen LogP contribution in [-0.4, -0.2) is 21.3 Å². The van der Waals surface area contributed by atoms with Gasteiger partial charge in [0.1, 0.15) is 0 Å². The van der Waals surface area contributed by atoms with E-state index in [1.807, 2.05) is 13.8 Å². The highest BCUT2D eigenvalue weighted by Crippen LogP contribution is 2.32. The number of nitrogens with one attached hydrogen (secondary N) is 1. The quantitative estimate of drug-likeness (QED) is 0.945. The minimum atomic E-state index is -4.49. The van der Waals surface area contributed by atoms with Gasteiger partial charge in [0, 0.05) is 18.4 Å². The van der Waals surface area contributed by atoms with Gasteiger partial charge in [0.25, 0.3) is 0 Å². The van der Waals surface area contributed by atoms with Gasteiger partial charge in [0.15, 0.2) is 5.65 Å². The third-order valence-corrected chi connectivity index (χ3v) is 2.95. The lowest BCUT2D eigenvalue weighted by atomic mass is 10.3. The first kappa shape index (κ1) is 15.6. The number of nitrogens with zero attached hydrogens (tertiary/aromatic N) is 2. The summed E-state index contributed by atoms with van der Waals surface area (Å²) in [4.78, 5) is 15.7. The summed E-state index contributed by atoms with van der Waals surface area (Å²) in [6, 6.07) is 0.803. The van der Waals surface area contributed by atoms with Gasteiger partial charge in [-0.3, -0.25) is 4.79 Å². The molecule has 0 radical (unpaired) electrons. The number of alkyl halides is 3. The molecule has 2 aromatic heterocycles. The van der Waals surface area contributed by atoms with Crippen LogP contribution in [0.2, 0.25) is 5.02 Å². The van der Waals surface area contributed by atoms with Crippen molar-refractivity contribution in [3.05, 3.63) is 34.7 Å². The smallest absolute Gasteiger partial charge is 0.354 e. The van der Waals surface area contributed by atoms with Gasteiger partial charge in [0.05, 0.1) is 22.7 Å². The van der Waals surface area contributed by atoms with Crippen LogP contribution in [-0.2, 0) is 17.4 Å². The Morgan fingerprint density at radius 2 is 2.10 bits per heavy atom. The SMILES string of the molecule is CC(C)NC(=O)Cc1cn2cc(C(F)(F)F)cc(Cl)c2n1. The molecule has 4 nitrogen and oxygen atoms in total. The summed E-state index contributed by atoms with van der Waals surface area (Å²) in [5.41, 5.74) is -0.318. The summed E-state index contributed by atoms with van der Waals surface area (Å²) in [5, 5.41) is 2.57. The van der Waals surface area contributed by atoms with Crippen LogP contribution in [0.25, 0.3) is 5.65 Å². The van der Waals surface area contributed by atoms with Crippen LogP contribution in [0.5, 0.6) is 0 Å². The van der Waals surface area contributed by atoms with Crippen LogP contribution in [0.3, 0.4) is 0 Å². The lowest BCUT2D eigenvalue weighted by Gasteiger charge is -2.07. The monoisotopic (exact) mass is 319 g/mol. The van der Waals surface area contributed by atoms with Crippen molar-refractivity contribution in [3.8, 4) is 0 Å². The number of carbonyl (C=O) groups excluding carboxylic acids is 1. The zero-order chi connectivity index (χ0) is 15.8. The number of fused-ring (bicyclic) bond motifs is 1. The summed E-state index contributed by atoms with van der Waals surface area (Å²) in [6.07, 6.45) is -2.23. The molecule has 0 spiro atoms. The number of carbonyl (C=O) groups is 1. The van der Waals surface area contributed by atoms with E-state index in [0.29, 0.717) is 5.69 Å². The third-order valence-electron chi connectivity index (χ3n) is 2.67. The Morgan fingerprint density at radius 3 is 2.67 bits per heavy atom. The van der Waals surface area contributed by atoms with E-state index in [1.54, 1.807) is 0 Å². The Bertz CT molecular complexity index is 679. The van der Waals surface area contributed by atoms with E-state index in [2.05, 4.69) is 10.3 Å². The van der Waals surface area contributed by atoms with Crippen molar-refractivity contribution in [2.24, 2.45) is 0 Å². The Kier molecular flexibility index (Phi) is 4.13. The van der Waals surface area contributed by atoms with Gasteiger partial charge in [-0.1, -0.05) is 11.6 Å². The van der Waals surface area contributed by atoms with E-state index in [0.717, 1.165) is 12.3 Å². The van der Waals surface area contributed by atoms with Gasteiger partial charge in [-0.15, -0.1) is 0 Å². The Hall–Kier alpha value is -1.76. The predicted molar refractivity (Wildman–Crippen MR) is 72.2 cm³/mol. The lowest BCUT2D eigenvalue weighted by Crippen LogP contribution is -2.31. The molecular formula is C13H13ClF3N3O. The summed E-state index contributed by atoms with van der Waals surface area (Å²) in [7, 11) is 0. The molecule has 1 amide bonds. The third kappa shape index (κ3) is 3.66. The van der Waals surface area contributed by atoms with Crippen molar-refractivity contribution in [3.63, 3.8) is 0 Å². The van der Waals surface area contributed by atoms with Gasteiger partial charge in [-0.25, -0.2) is 4.98 Å². The van der Waals surface area contributed by atoms with E-state index in [4.69, 9.17) is 11.6 Å². The largest absolute Gasteiger partial charge is 0.417 e. The maximum Gasteiger partial charge on any atom is 0.417 e.